The van der Waals surface area contributed by atoms with Gasteiger partial charge in [0.2, 0.25) is 5.95 Å². The Bertz CT molecular complexity index is 1040. The van der Waals surface area contributed by atoms with Crippen molar-refractivity contribution in [1.82, 2.24) is 20.1 Å². The standard InChI is InChI=1S/C20H22N6O3/c1-29-17-2-3-18-13(6-17)4-5-26(18)25-11-15-9-24(10-16(15)12-25)20-21-7-14(8-22-20)19(27)23-28/h2-8,15-16,28H,9-12H2,1H3,(H,23,27)/t15-,16+. The van der Waals surface area contributed by atoms with Crippen LogP contribution in [0.2, 0.25) is 0 Å². The maximum atomic E-state index is 11.4. The molecule has 9 heteroatoms. The highest BCUT2D eigenvalue weighted by molar-refractivity contribution is 5.92. The van der Waals surface area contributed by atoms with E-state index < -0.39 is 5.91 Å². The first-order chi connectivity index (χ1) is 14.2. The number of amides is 1. The fraction of sp³-hybridized carbons (Fsp3) is 0.350. The Hall–Kier alpha value is -3.33. The monoisotopic (exact) mass is 394 g/mol. The Morgan fingerprint density at radius 3 is 2.52 bits per heavy atom. The van der Waals surface area contributed by atoms with Crippen molar-refractivity contribution < 1.29 is 14.7 Å². The summed E-state index contributed by atoms with van der Waals surface area (Å²) in [6, 6.07) is 8.28. The molecule has 2 N–H and O–H groups in total. The molecular formula is C20H22N6O3. The van der Waals surface area contributed by atoms with Gasteiger partial charge in [-0.05, 0) is 24.3 Å². The Kier molecular flexibility index (Phi) is 4.24. The largest absolute Gasteiger partial charge is 0.497 e. The summed E-state index contributed by atoms with van der Waals surface area (Å²) in [5, 5.41) is 12.3. The predicted octanol–water partition coefficient (Wildman–Crippen LogP) is 1.26. The summed E-state index contributed by atoms with van der Waals surface area (Å²) >= 11 is 0. The number of carbonyl (C=O) groups is 1. The Morgan fingerprint density at radius 2 is 1.86 bits per heavy atom. The lowest BCUT2D eigenvalue weighted by molar-refractivity contribution is 0.0705. The summed E-state index contributed by atoms with van der Waals surface area (Å²) in [6.45, 7) is 3.73. The van der Waals surface area contributed by atoms with E-state index in [4.69, 9.17) is 9.94 Å². The van der Waals surface area contributed by atoms with Crippen molar-refractivity contribution >= 4 is 22.8 Å². The van der Waals surface area contributed by atoms with Crippen molar-refractivity contribution in [1.29, 1.82) is 0 Å². The van der Waals surface area contributed by atoms with Gasteiger partial charge in [0.15, 0.2) is 0 Å². The number of methoxy groups -OCH3 is 1. The Labute approximate surface area is 167 Å². The number of hydrogen-bond acceptors (Lipinski definition) is 7. The van der Waals surface area contributed by atoms with Crippen LogP contribution in [0.5, 0.6) is 5.75 Å². The number of nitrogens with one attached hydrogen (secondary N) is 1. The molecule has 2 saturated heterocycles. The van der Waals surface area contributed by atoms with Crippen LogP contribution in [-0.2, 0) is 0 Å². The number of ether oxygens (including phenoxy) is 1. The zero-order valence-corrected chi connectivity index (χ0v) is 16.0. The predicted molar refractivity (Wildman–Crippen MR) is 107 cm³/mol. The fourth-order valence-corrected chi connectivity index (χ4v) is 4.45. The lowest BCUT2D eigenvalue weighted by atomic mass is 10.0. The summed E-state index contributed by atoms with van der Waals surface area (Å²) in [4.78, 5) is 22.2. The minimum absolute atomic E-state index is 0.234. The minimum atomic E-state index is -0.609. The molecule has 9 nitrogen and oxygen atoms in total. The maximum absolute atomic E-state index is 11.4. The van der Waals surface area contributed by atoms with Crippen LogP contribution in [0.15, 0.2) is 42.9 Å². The number of hydrogen-bond donors (Lipinski definition) is 2. The normalized spacial score (nSPS) is 20.9. The van der Waals surface area contributed by atoms with E-state index in [0.29, 0.717) is 17.8 Å². The van der Waals surface area contributed by atoms with Crippen molar-refractivity contribution in [3.63, 3.8) is 0 Å². The zero-order chi connectivity index (χ0) is 20.0. The van der Waals surface area contributed by atoms with Crippen LogP contribution in [0.1, 0.15) is 10.4 Å². The van der Waals surface area contributed by atoms with Gasteiger partial charge < -0.3 is 14.6 Å². The van der Waals surface area contributed by atoms with E-state index in [1.165, 1.54) is 23.3 Å². The Morgan fingerprint density at radius 1 is 1.14 bits per heavy atom. The molecule has 0 saturated carbocycles. The molecule has 0 spiro atoms. The SMILES string of the molecule is COc1ccc2c(ccn2N2C[C@H]3CN(c4ncc(C(=O)NO)cn4)C[C@H]3C2)c1. The van der Waals surface area contributed by atoms with E-state index in [-0.39, 0.29) is 5.56 Å². The molecule has 0 radical (unpaired) electrons. The van der Waals surface area contributed by atoms with E-state index in [9.17, 15) is 4.79 Å². The van der Waals surface area contributed by atoms with Crippen molar-refractivity contribution in [2.24, 2.45) is 11.8 Å². The molecule has 0 bridgehead atoms. The molecule has 2 aromatic heterocycles. The lowest BCUT2D eigenvalue weighted by Crippen LogP contribution is -2.35. The second-order valence-electron chi connectivity index (χ2n) is 7.59. The molecule has 2 fully saturated rings. The van der Waals surface area contributed by atoms with E-state index >= 15 is 0 Å². The first-order valence-corrected chi connectivity index (χ1v) is 9.58. The van der Waals surface area contributed by atoms with Crippen molar-refractivity contribution in [3.8, 4) is 5.75 Å². The second kappa shape index (κ2) is 6.93. The molecule has 3 aromatic rings. The fourth-order valence-electron chi connectivity index (χ4n) is 4.45. The third-order valence-electron chi connectivity index (χ3n) is 5.93. The first kappa shape index (κ1) is 17.7. The van der Waals surface area contributed by atoms with Gasteiger partial charge in [-0.3, -0.25) is 14.7 Å². The summed E-state index contributed by atoms with van der Waals surface area (Å²) in [7, 11) is 1.68. The van der Waals surface area contributed by atoms with Crippen molar-refractivity contribution in [2.45, 2.75) is 0 Å². The number of hydroxylamine groups is 1. The first-order valence-electron chi connectivity index (χ1n) is 9.58. The summed E-state index contributed by atoms with van der Waals surface area (Å²) in [5.74, 6) is 1.96. The smallest absolute Gasteiger partial charge is 0.277 e. The van der Waals surface area contributed by atoms with Crippen LogP contribution in [-0.4, -0.2) is 59.0 Å². The van der Waals surface area contributed by atoms with Gasteiger partial charge in [-0.25, -0.2) is 15.4 Å². The van der Waals surface area contributed by atoms with Crippen LogP contribution in [0.25, 0.3) is 10.9 Å². The highest BCUT2D eigenvalue weighted by Gasteiger charge is 2.41. The molecular weight excluding hydrogens is 372 g/mol. The molecule has 1 aromatic carbocycles. The molecule has 2 aliphatic rings. The number of nitrogens with zero attached hydrogens (tertiary/aromatic N) is 5. The van der Waals surface area contributed by atoms with Gasteiger partial charge in [0.1, 0.15) is 5.75 Å². The number of carbonyl (C=O) groups excluding carboxylic acids is 1. The average molecular weight is 394 g/mol. The molecule has 0 aliphatic carbocycles. The van der Waals surface area contributed by atoms with Gasteiger partial charge in [0, 0.05) is 62.0 Å². The van der Waals surface area contributed by atoms with Crippen LogP contribution in [0.3, 0.4) is 0 Å². The van der Waals surface area contributed by atoms with E-state index in [1.807, 2.05) is 6.07 Å². The quantitative estimate of drug-likeness (QED) is 0.508. The van der Waals surface area contributed by atoms with Crippen LogP contribution in [0.4, 0.5) is 5.95 Å². The molecule has 2 atom stereocenters. The van der Waals surface area contributed by atoms with Gasteiger partial charge >= 0.3 is 0 Å². The molecule has 4 heterocycles. The number of anilines is 1. The van der Waals surface area contributed by atoms with E-state index in [0.717, 1.165) is 31.9 Å². The molecule has 150 valence electrons. The Balaban J connectivity index is 1.28. The van der Waals surface area contributed by atoms with E-state index in [1.54, 1.807) is 12.6 Å². The third-order valence-corrected chi connectivity index (χ3v) is 5.93. The summed E-state index contributed by atoms with van der Waals surface area (Å²) in [5.41, 5.74) is 3.01. The lowest BCUT2D eigenvalue weighted by Gasteiger charge is -2.25. The number of benzene rings is 1. The van der Waals surface area contributed by atoms with Gasteiger partial charge in [-0.2, -0.15) is 0 Å². The summed E-state index contributed by atoms with van der Waals surface area (Å²) in [6.07, 6.45) is 5.00. The highest BCUT2D eigenvalue weighted by atomic mass is 16.5. The molecule has 0 unspecified atom stereocenters. The van der Waals surface area contributed by atoms with Crippen LogP contribution >= 0.6 is 0 Å². The van der Waals surface area contributed by atoms with Crippen LogP contribution < -0.4 is 20.1 Å². The number of fused-ring (bicyclic) bond motifs is 2. The van der Waals surface area contributed by atoms with Gasteiger partial charge in [-0.15, -0.1) is 0 Å². The van der Waals surface area contributed by atoms with Gasteiger partial charge in [-0.1, -0.05) is 0 Å². The van der Waals surface area contributed by atoms with E-state index in [2.05, 4.69) is 48.9 Å². The molecule has 5 rings (SSSR count). The van der Waals surface area contributed by atoms with Crippen LogP contribution in [0, 0.1) is 11.8 Å². The molecule has 1 amide bonds. The second-order valence-corrected chi connectivity index (χ2v) is 7.59. The van der Waals surface area contributed by atoms with Crippen molar-refractivity contribution in [2.75, 3.05) is 43.2 Å². The topological polar surface area (TPSA) is 95.8 Å². The average Bonchev–Trinajstić information content (AvgIpc) is 3.45. The summed E-state index contributed by atoms with van der Waals surface area (Å²) < 4.78 is 7.57. The minimum Gasteiger partial charge on any atom is -0.497 e. The zero-order valence-electron chi connectivity index (χ0n) is 16.0. The number of rotatable bonds is 4. The maximum Gasteiger partial charge on any atom is 0.277 e. The van der Waals surface area contributed by atoms with Crippen molar-refractivity contribution in [3.05, 3.63) is 48.4 Å². The van der Waals surface area contributed by atoms with Gasteiger partial charge in [0.05, 0.1) is 18.2 Å². The number of aromatic nitrogens is 3. The highest BCUT2D eigenvalue weighted by Crippen LogP contribution is 2.33. The molecule has 29 heavy (non-hydrogen) atoms. The van der Waals surface area contributed by atoms with Gasteiger partial charge in [0.25, 0.3) is 5.91 Å². The molecule has 2 aliphatic heterocycles. The third kappa shape index (κ3) is 3.03.